The maximum atomic E-state index is 12.9. The molecule has 0 unspecified atom stereocenters. The summed E-state index contributed by atoms with van der Waals surface area (Å²) < 4.78 is 5.27. The van der Waals surface area contributed by atoms with E-state index < -0.39 is 0 Å². The van der Waals surface area contributed by atoms with Crippen LogP contribution in [0.2, 0.25) is 0 Å². The number of carbonyl (C=O) groups excluding carboxylic acids is 1. The van der Waals surface area contributed by atoms with Gasteiger partial charge in [-0.2, -0.15) is 0 Å². The van der Waals surface area contributed by atoms with E-state index in [9.17, 15) is 4.79 Å². The number of methoxy groups -OCH3 is 1. The van der Waals surface area contributed by atoms with Crippen molar-refractivity contribution in [1.82, 2.24) is 9.97 Å². The summed E-state index contributed by atoms with van der Waals surface area (Å²) in [7, 11) is 1.63. The van der Waals surface area contributed by atoms with Crippen LogP contribution in [-0.2, 0) is 24.1 Å². The predicted octanol–water partition coefficient (Wildman–Crippen LogP) is 5.36. The molecule has 2 N–H and O–H groups in total. The normalized spacial score (nSPS) is 13.2. The van der Waals surface area contributed by atoms with Gasteiger partial charge in [0.25, 0.3) is 0 Å². The molecule has 2 heterocycles. The number of amides is 1. The number of imidazole rings is 1. The number of rotatable bonds is 5. The largest absolute Gasteiger partial charge is 0.497 e. The third-order valence-corrected chi connectivity index (χ3v) is 6.76. The summed E-state index contributed by atoms with van der Waals surface area (Å²) in [5.74, 6) is 1.57. The number of aromatic amines is 1. The Morgan fingerprint density at radius 1 is 1.17 bits per heavy atom. The van der Waals surface area contributed by atoms with Gasteiger partial charge in [-0.3, -0.25) is 4.79 Å². The number of hydrogen-bond acceptors (Lipinski definition) is 4. The van der Waals surface area contributed by atoms with E-state index in [4.69, 9.17) is 9.72 Å². The molecular formula is C24H23N3O2S. The van der Waals surface area contributed by atoms with Crippen LogP contribution in [0, 0.1) is 0 Å². The number of benzene rings is 2. The van der Waals surface area contributed by atoms with E-state index in [1.807, 2.05) is 48.5 Å². The standard InChI is InChI=1S/C24H23N3O2S/c1-29-16-8-6-7-15(13-16)14-21(28)27-24-22(17-9-2-5-12-20(17)30-24)23-25-18-10-3-4-11-19(18)26-23/h3-4,6-8,10-11,13H,2,5,9,12,14H2,1H3,(H,25,26)(H,27,28). The van der Waals surface area contributed by atoms with Crippen LogP contribution in [0.1, 0.15) is 28.8 Å². The lowest BCUT2D eigenvalue weighted by Crippen LogP contribution is -2.14. The fourth-order valence-electron chi connectivity index (χ4n) is 4.11. The molecule has 2 aromatic carbocycles. The molecule has 0 fully saturated rings. The van der Waals surface area contributed by atoms with Crippen molar-refractivity contribution in [2.24, 2.45) is 0 Å². The lowest BCUT2D eigenvalue weighted by atomic mass is 9.95. The van der Waals surface area contributed by atoms with Gasteiger partial charge in [-0.05, 0) is 61.1 Å². The Morgan fingerprint density at radius 2 is 2.03 bits per heavy atom. The zero-order valence-electron chi connectivity index (χ0n) is 16.8. The number of carbonyl (C=O) groups is 1. The summed E-state index contributed by atoms with van der Waals surface area (Å²) in [4.78, 5) is 22.5. The Morgan fingerprint density at radius 3 is 2.90 bits per heavy atom. The molecule has 0 aliphatic heterocycles. The minimum Gasteiger partial charge on any atom is -0.497 e. The molecule has 0 saturated carbocycles. The van der Waals surface area contributed by atoms with Crippen LogP contribution in [0.4, 0.5) is 5.00 Å². The molecule has 152 valence electrons. The van der Waals surface area contributed by atoms with E-state index in [0.717, 1.165) is 51.6 Å². The number of hydrogen-bond donors (Lipinski definition) is 2. The number of aryl methyl sites for hydroxylation is 1. The highest BCUT2D eigenvalue weighted by molar-refractivity contribution is 7.17. The van der Waals surface area contributed by atoms with E-state index in [0.29, 0.717) is 6.42 Å². The Hall–Kier alpha value is -3.12. The molecule has 1 aliphatic carbocycles. The molecule has 2 aromatic heterocycles. The molecule has 4 aromatic rings. The summed E-state index contributed by atoms with van der Waals surface area (Å²) in [6.45, 7) is 0. The number of nitrogens with zero attached hydrogens (tertiary/aromatic N) is 1. The van der Waals surface area contributed by atoms with Crippen molar-refractivity contribution in [3.05, 3.63) is 64.5 Å². The minimum absolute atomic E-state index is 0.0285. The topological polar surface area (TPSA) is 67.0 Å². The van der Waals surface area contributed by atoms with Gasteiger partial charge in [-0.1, -0.05) is 24.3 Å². The van der Waals surface area contributed by atoms with Crippen LogP contribution in [0.5, 0.6) is 5.75 Å². The van der Waals surface area contributed by atoms with Gasteiger partial charge in [-0.15, -0.1) is 11.3 Å². The van der Waals surface area contributed by atoms with Gasteiger partial charge in [-0.25, -0.2) is 4.98 Å². The zero-order chi connectivity index (χ0) is 20.5. The highest BCUT2D eigenvalue weighted by atomic mass is 32.1. The van der Waals surface area contributed by atoms with Crippen molar-refractivity contribution < 1.29 is 9.53 Å². The van der Waals surface area contributed by atoms with Crippen molar-refractivity contribution in [2.45, 2.75) is 32.1 Å². The van der Waals surface area contributed by atoms with Crippen LogP contribution in [0.3, 0.4) is 0 Å². The van der Waals surface area contributed by atoms with E-state index in [1.165, 1.54) is 23.3 Å². The van der Waals surface area contributed by atoms with Crippen LogP contribution in [-0.4, -0.2) is 23.0 Å². The third kappa shape index (κ3) is 3.59. The average Bonchev–Trinajstić information content (AvgIpc) is 3.34. The molecule has 0 saturated heterocycles. The molecule has 0 atom stereocenters. The van der Waals surface area contributed by atoms with Crippen LogP contribution in [0.15, 0.2) is 48.5 Å². The number of aromatic nitrogens is 2. The summed E-state index contributed by atoms with van der Waals surface area (Å²) >= 11 is 1.70. The Kier molecular flexibility index (Phi) is 5.01. The second-order valence-corrected chi connectivity index (χ2v) is 8.70. The molecule has 1 amide bonds. The highest BCUT2D eigenvalue weighted by Gasteiger charge is 2.25. The lowest BCUT2D eigenvalue weighted by molar-refractivity contribution is -0.115. The monoisotopic (exact) mass is 417 g/mol. The maximum Gasteiger partial charge on any atom is 0.229 e. The number of fused-ring (bicyclic) bond motifs is 2. The maximum absolute atomic E-state index is 12.9. The fourth-order valence-corrected chi connectivity index (χ4v) is 5.42. The molecule has 0 radical (unpaired) electrons. The van der Waals surface area contributed by atoms with Crippen molar-refractivity contribution in [3.63, 3.8) is 0 Å². The second-order valence-electron chi connectivity index (χ2n) is 7.59. The Balaban J connectivity index is 1.48. The third-order valence-electron chi connectivity index (χ3n) is 5.55. The van der Waals surface area contributed by atoms with Gasteiger partial charge in [0.15, 0.2) is 0 Å². The second kappa shape index (κ2) is 7.95. The molecule has 30 heavy (non-hydrogen) atoms. The van der Waals surface area contributed by atoms with Gasteiger partial charge < -0.3 is 15.0 Å². The zero-order valence-corrected chi connectivity index (χ0v) is 17.6. The van der Waals surface area contributed by atoms with E-state index >= 15 is 0 Å². The SMILES string of the molecule is COc1cccc(CC(=O)Nc2sc3c(c2-c2nc4ccccc4[nH]2)CCCC3)c1. The van der Waals surface area contributed by atoms with Crippen LogP contribution >= 0.6 is 11.3 Å². The number of nitrogens with one attached hydrogen (secondary N) is 2. The lowest BCUT2D eigenvalue weighted by Gasteiger charge is -2.12. The summed E-state index contributed by atoms with van der Waals surface area (Å²) in [6, 6.07) is 15.7. The van der Waals surface area contributed by atoms with Crippen molar-refractivity contribution in [1.29, 1.82) is 0 Å². The number of ether oxygens (including phenoxy) is 1. The molecule has 0 bridgehead atoms. The first-order chi connectivity index (χ1) is 14.7. The number of anilines is 1. The first kappa shape index (κ1) is 18.9. The number of thiophene rings is 1. The van der Waals surface area contributed by atoms with E-state index in [1.54, 1.807) is 18.4 Å². The first-order valence-electron chi connectivity index (χ1n) is 10.2. The minimum atomic E-state index is -0.0285. The van der Waals surface area contributed by atoms with Crippen molar-refractivity contribution in [2.75, 3.05) is 12.4 Å². The van der Waals surface area contributed by atoms with Gasteiger partial charge >= 0.3 is 0 Å². The number of para-hydroxylation sites is 2. The Labute approximate surface area is 179 Å². The van der Waals surface area contributed by atoms with Gasteiger partial charge in [0.1, 0.15) is 16.6 Å². The molecular weight excluding hydrogens is 394 g/mol. The fraction of sp³-hybridized carbons (Fsp3) is 0.250. The smallest absolute Gasteiger partial charge is 0.229 e. The highest BCUT2D eigenvalue weighted by Crippen LogP contribution is 2.43. The first-order valence-corrected chi connectivity index (χ1v) is 11.1. The van der Waals surface area contributed by atoms with Gasteiger partial charge in [0.05, 0.1) is 30.1 Å². The summed E-state index contributed by atoms with van der Waals surface area (Å²) in [5, 5.41) is 4.07. The van der Waals surface area contributed by atoms with Crippen LogP contribution < -0.4 is 10.1 Å². The van der Waals surface area contributed by atoms with Gasteiger partial charge in [0, 0.05) is 4.88 Å². The molecule has 5 nitrogen and oxygen atoms in total. The number of H-pyrrole nitrogens is 1. The van der Waals surface area contributed by atoms with E-state index in [2.05, 4.69) is 10.3 Å². The summed E-state index contributed by atoms with van der Waals surface area (Å²) in [5.41, 5.74) is 5.28. The average molecular weight is 418 g/mol. The quantitative estimate of drug-likeness (QED) is 0.459. The predicted molar refractivity (Wildman–Crippen MR) is 121 cm³/mol. The molecule has 6 heteroatoms. The van der Waals surface area contributed by atoms with Gasteiger partial charge in [0.2, 0.25) is 5.91 Å². The van der Waals surface area contributed by atoms with Crippen LogP contribution in [0.25, 0.3) is 22.4 Å². The Bertz CT molecular complexity index is 1190. The molecule has 1 aliphatic rings. The van der Waals surface area contributed by atoms with Crippen molar-refractivity contribution in [3.8, 4) is 17.1 Å². The van der Waals surface area contributed by atoms with Crippen molar-refractivity contribution >= 4 is 33.3 Å². The molecule has 5 rings (SSSR count). The molecule has 0 spiro atoms. The summed E-state index contributed by atoms with van der Waals surface area (Å²) in [6.07, 6.45) is 4.78. The van der Waals surface area contributed by atoms with E-state index in [-0.39, 0.29) is 5.91 Å².